The minimum Gasteiger partial charge on any atom is -0.445 e. The number of carbonyl (C=O) groups excluding carboxylic acids is 2. The van der Waals surface area contributed by atoms with Gasteiger partial charge in [-0.05, 0) is 73.1 Å². The molecule has 9 heteroatoms. The minimum absolute atomic E-state index is 0.0485. The Morgan fingerprint density at radius 2 is 1.73 bits per heavy atom. The Balaban J connectivity index is 1.07. The molecular weight excluding hydrogens is 568 g/mol. The van der Waals surface area contributed by atoms with Gasteiger partial charge < -0.3 is 25.0 Å². The number of nitrogens with one attached hydrogen (secondary N) is 1. The first-order chi connectivity index (χ1) is 21.5. The Labute approximate surface area is 267 Å². The standard InChI is InChI=1S/C36H50N4O5/c1-23-30-19-28(36(30,4)5)20-31(23)37-34(42)33-32(24(2)41)25(3)45-40(33)21-27-12-9-13-29(18-27)38-14-16-39(17-15-38)35(43)44-22-26-10-7-6-8-11-26/h6-13,18,23-25,28,30-33,41H,14-17,19-22H2,1-5H3,(H,37,42)/t23-,24-,25-,28+,30-,31-,32+,33-/m0/s1. The van der Waals surface area contributed by atoms with E-state index in [0.717, 1.165) is 23.2 Å². The van der Waals surface area contributed by atoms with Crippen molar-refractivity contribution in [2.45, 2.75) is 84.9 Å². The molecule has 2 N–H and O–H groups in total. The van der Waals surface area contributed by atoms with Crippen LogP contribution in [0.4, 0.5) is 10.5 Å². The zero-order valence-corrected chi connectivity index (χ0v) is 27.4. The third-order valence-corrected chi connectivity index (χ3v) is 11.4. The molecule has 0 unspecified atom stereocenters. The molecule has 2 aromatic rings. The van der Waals surface area contributed by atoms with Gasteiger partial charge in [0.2, 0.25) is 5.91 Å². The highest BCUT2D eigenvalue weighted by Gasteiger charge is 2.57. The molecule has 0 aromatic heterocycles. The van der Waals surface area contributed by atoms with Crippen molar-refractivity contribution in [3.63, 3.8) is 0 Å². The third-order valence-electron chi connectivity index (χ3n) is 11.4. The number of carbonyl (C=O) groups is 2. The van der Waals surface area contributed by atoms with E-state index < -0.39 is 12.1 Å². The van der Waals surface area contributed by atoms with Crippen molar-refractivity contribution in [2.24, 2.45) is 29.1 Å². The van der Waals surface area contributed by atoms with Crippen LogP contribution in [0.5, 0.6) is 0 Å². The second-order valence-electron chi connectivity index (χ2n) is 14.4. The summed E-state index contributed by atoms with van der Waals surface area (Å²) in [5, 5.41) is 15.9. The highest BCUT2D eigenvalue weighted by atomic mass is 16.7. The fourth-order valence-corrected chi connectivity index (χ4v) is 8.49. The summed E-state index contributed by atoms with van der Waals surface area (Å²) in [5.74, 6) is 1.33. The molecule has 2 heterocycles. The molecule has 2 aliphatic heterocycles. The maximum absolute atomic E-state index is 13.9. The van der Waals surface area contributed by atoms with Crippen LogP contribution >= 0.6 is 0 Å². The fraction of sp³-hybridized carbons (Fsp3) is 0.611. The highest BCUT2D eigenvalue weighted by Crippen LogP contribution is 2.61. The molecule has 5 aliphatic rings. The van der Waals surface area contributed by atoms with E-state index in [4.69, 9.17) is 9.57 Å². The number of ether oxygens (including phenoxy) is 1. The van der Waals surface area contributed by atoms with Gasteiger partial charge in [0.05, 0.1) is 18.8 Å². The first-order valence-corrected chi connectivity index (χ1v) is 16.7. The first kappa shape index (κ1) is 31.8. The SMILES string of the molecule is C[C@@H]1[C@@H](NC(=O)[C@@H]2[C@H]([C@H](C)O)[C@H](C)ON2Cc2cccc(N3CCN(C(=O)OCc4ccccc4)CC3)c2)C[C@H]2C[C@@H]1C2(C)C. The van der Waals surface area contributed by atoms with Crippen LogP contribution in [0.25, 0.3) is 0 Å². The van der Waals surface area contributed by atoms with Crippen molar-refractivity contribution in [1.82, 2.24) is 15.3 Å². The number of aliphatic hydroxyl groups is 1. The number of anilines is 1. The van der Waals surface area contributed by atoms with E-state index in [1.54, 1.807) is 16.9 Å². The molecule has 2 bridgehead atoms. The summed E-state index contributed by atoms with van der Waals surface area (Å²) < 4.78 is 5.53. The van der Waals surface area contributed by atoms with Gasteiger partial charge in [-0.25, -0.2) is 4.79 Å². The first-order valence-electron chi connectivity index (χ1n) is 16.7. The molecule has 8 atom stereocenters. The Morgan fingerprint density at radius 1 is 1.02 bits per heavy atom. The lowest BCUT2D eigenvalue weighted by molar-refractivity contribution is -0.174. The summed E-state index contributed by atoms with van der Waals surface area (Å²) >= 11 is 0. The van der Waals surface area contributed by atoms with Gasteiger partial charge in [0.1, 0.15) is 12.6 Å². The van der Waals surface area contributed by atoms with Gasteiger partial charge in [-0.3, -0.25) is 9.63 Å². The summed E-state index contributed by atoms with van der Waals surface area (Å²) in [6, 6.07) is 17.6. The van der Waals surface area contributed by atoms with Crippen LogP contribution in [0.3, 0.4) is 0 Å². The second kappa shape index (κ2) is 12.9. The minimum atomic E-state index is -0.682. The molecule has 0 radical (unpaired) electrons. The molecule has 3 aliphatic carbocycles. The number of hydrogen-bond donors (Lipinski definition) is 2. The van der Waals surface area contributed by atoms with Crippen molar-refractivity contribution in [3.8, 4) is 0 Å². The molecule has 244 valence electrons. The van der Waals surface area contributed by atoms with Gasteiger partial charge in [-0.1, -0.05) is 63.2 Å². The molecule has 2 saturated heterocycles. The predicted molar refractivity (Wildman–Crippen MR) is 173 cm³/mol. The maximum Gasteiger partial charge on any atom is 0.410 e. The molecule has 0 spiro atoms. The number of fused-ring (bicyclic) bond motifs is 2. The highest BCUT2D eigenvalue weighted by molar-refractivity contribution is 5.82. The van der Waals surface area contributed by atoms with E-state index in [0.29, 0.717) is 55.9 Å². The van der Waals surface area contributed by atoms with E-state index in [9.17, 15) is 14.7 Å². The number of hydroxylamine groups is 2. The van der Waals surface area contributed by atoms with Gasteiger partial charge in [0, 0.05) is 43.8 Å². The lowest BCUT2D eigenvalue weighted by Crippen LogP contribution is -2.62. The summed E-state index contributed by atoms with van der Waals surface area (Å²) in [4.78, 5) is 36.9. The molecule has 2 aromatic carbocycles. The zero-order chi connectivity index (χ0) is 31.9. The molecular formula is C36H50N4O5. The Hall–Kier alpha value is -3.14. The van der Waals surface area contributed by atoms with Crippen LogP contribution in [-0.2, 0) is 27.5 Å². The molecule has 7 rings (SSSR count). The van der Waals surface area contributed by atoms with E-state index in [1.165, 1.54) is 6.42 Å². The maximum atomic E-state index is 13.9. The summed E-state index contributed by atoms with van der Waals surface area (Å²) in [6.07, 6.45) is 1.02. The van der Waals surface area contributed by atoms with E-state index in [1.807, 2.05) is 43.3 Å². The van der Waals surface area contributed by atoms with Gasteiger partial charge in [0.25, 0.3) is 0 Å². The summed E-state index contributed by atoms with van der Waals surface area (Å²) in [7, 11) is 0. The van der Waals surface area contributed by atoms with E-state index >= 15 is 0 Å². The topological polar surface area (TPSA) is 94.6 Å². The van der Waals surface area contributed by atoms with Gasteiger partial charge >= 0.3 is 6.09 Å². The number of amides is 2. The van der Waals surface area contributed by atoms with E-state index in [2.05, 4.69) is 49.2 Å². The Bertz CT molecular complexity index is 1340. The number of aliphatic hydroxyl groups excluding tert-OH is 1. The van der Waals surface area contributed by atoms with Gasteiger partial charge in [-0.15, -0.1) is 0 Å². The lowest BCUT2D eigenvalue weighted by atomic mass is 9.45. The summed E-state index contributed by atoms with van der Waals surface area (Å²) in [5.41, 5.74) is 3.43. The summed E-state index contributed by atoms with van der Waals surface area (Å²) in [6.45, 7) is 14.0. The molecule has 5 fully saturated rings. The number of benzene rings is 2. The normalized spacial score (nSPS) is 31.6. The average molecular weight is 619 g/mol. The molecule has 2 amide bonds. The number of piperazine rings is 1. The zero-order valence-electron chi connectivity index (χ0n) is 27.4. The molecule has 45 heavy (non-hydrogen) atoms. The van der Waals surface area contributed by atoms with Crippen LogP contribution in [0.1, 0.15) is 58.6 Å². The average Bonchev–Trinajstić information content (AvgIpc) is 3.36. The van der Waals surface area contributed by atoms with Crippen molar-refractivity contribution < 1.29 is 24.3 Å². The Kier molecular flexibility index (Phi) is 9.14. The smallest absolute Gasteiger partial charge is 0.410 e. The fourth-order valence-electron chi connectivity index (χ4n) is 8.49. The van der Waals surface area contributed by atoms with Crippen LogP contribution in [0.15, 0.2) is 54.6 Å². The largest absolute Gasteiger partial charge is 0.445 e. The molecule has 3 saturated carbocycles. The number of rotatable bonds is 8. The van der Waals surface area contributed by atoms with Crippen molar-refractivity contribution in [2.75, 3.05) is 31.1 Å². The van der Waals surface area contributed by atoms with Crippen molar-refractivity contribution in [3.05, 3.63) is 65.7 Å². The second-order valence-corrected chi connectivity index (χ2v) is 14.4. The number of nitrogens with zero attached hydrogens (tertiary/aromatic N) is 3. The van der Waals surface area contributed by atoms with Crippen LogP contribution in [-0.4, -0.2) is 77.5 Å². The van der Waals surface area contributed by atoms with E-state index in [-0.39, 0.29) is 36.7 Å². The van der Waals surface area contributed by atoms with Crippen molar-refractivity contribution >= 4 is 17.7 Å². The molecule has 9 nitrogen and oxygen atoms in total. The quantitative estimate of drug-likeness (QED) is 0.438. The Morgan fingerprint density at radius 3 is 2.40 bits per heavy atom. The predicted octanol–water partition coefficient (Wildman–Crippen LogP) is 4.83. The monoisotopic (exact) mass is 618 g/mol. The lowest BCUT2D eigenvalue weighted by Gasteiger charge is -2.62. The van der Waals surface area contributed by atoms with Crippen molar-refractivity contribution in [1.29, 1.82) is 0 Å². The third kappa shape index (κ3) is 6.44. The van der Waals surface area contributed by atoms with Crippen LogP contribution in [0.2, 0.25) is 0 Å². The number of hydrogen-bond acceptors (Lipinski definition) is 7. The van der Waals surface area contributed by atoms with Gasteiger partial charge in [0.15, 0.2) is 0 Å². The van der Waals surface area contributed by atoms with Crippen LogP contribution in [0, 0.1) is 29.1 Å². The van der Waals surface area contributed by atoms with Crippen LogP contribution < -0.4 is 10.2 Å². The van der Waals surface area contributed by atoms with Gasteiger partial charge in [-0.2, -0.15) is 5.06 Å².